The number of hydrogen-bond acceptors (Lipinski definition) is 5. The quantitative estimate of drug-likeness (QED) is 0.656. The second kappa shape index (κ2) is 10.5. The van der Waals surface area contributed by atoms with E-state index >= 15 is 0 Å². The second-order valence-corrected chi connectivity index (χ2v) is 8.21. The molecule has 0 atom stereocenters. The molecule has 1 aromatic rings. The molecule has 1 aliphatic heterocycles. The van der Waals surface area contributed by atoms with E-state index in [9.17, 15) is 13.2 Å². The van der Waals surface area contributed by atoms with E-state index < -0.39 is 10.0 Å². The van der Waals surface area contributed by atoms with Gasteiger partial charge in [0.1, 0.15) is 5.75 Å². The average molecular weight is 384 g/mol. The number of amides is 1. The van der Waals surface area contributed by atoms with Gasteiger partial charge in [0.15, 0.2) is 6.61 Å². The molecule has 0 saturated carbocycles. The first kappa shape index (κ1) is 20.7. The van der Waals surface area contributed by atoms with Crippen LogP contribution in [0.4, 0.5) is 0 Å². The fourth-order valence-electron chi connectivity index (χ4n) is 2.78. The Bertz CT molecular complexity index is 653. The maximum absolute atomic E-state index is 12.7. The summed E-state index contributed by atoms with van der Waals surface area (Å²) in [6.07, 6.45) is 4.70. The summed E-state index contributed by atoms with van der Waals surface area (Å²) in [6, 6.07) is 6.24. The number of methoxy groups -OCH3 is 1. The third-order valence-corrected chi connectivity index (χ3v) is 6.16. The van der Waals surface area contributed by atoms with Crippen LogP contribution in [0.2, 0.25) is 0 Å². The number of rotatable bonds is 9. The number of benzene rings is 1. The Morgan fingerprint density at radius 2 is 1.77 bits per heavy atom. The van der Waals surface area contributed by atoms with Crippen molar-refractivity contribution < 1.29 is 22.7 Å². The Morgan fingerprint density at radius 3 is 2.38 bits per heavy atom. The highest BCUT2D eigenvalue weighted by atomic mass is 32.2. The van der Waals surface area contributed by atoms with Crippen molar-refractivity contribution in [2.24, 2.45) is 0 Å². The molecule has 1 fully saturated rings. The van der Waals surface area contributed by atoms with Crippen LogP contribution in [-0.2, 0) is 19.6 Å². The summed E-state index contributed by atoms with van der Waals surface area (Å²) in [5.41, 5.74) is 0. The van der Waals surface area contributed by atoms with Gasteiger partial charge in [0.25, 0.3) is 5.91 Å². The summed E-state index contributed by atoms with van der Waals surface area (Å²) in [4.78, 5) is 11.9. The smallest absolute Gasteiger partial charge is 0.257 e. The molecule has 1 saturated heterocycles. The molecule has 1 heterocycles. The Morgan fingerprint density at radius 1 is 1.12 bits per heavy atom. The molecule has 0 radical (unpaired) electrons. The molecule has 1 aromatic carbocycles. The van der Waals surface area contributed by atoms with Crippen LogP contribution in [0.25, 0.3) is 0 Å². The third kappa shape index (κ3) is 6.26. The maximum Gasteiger partial charge on any atom is 0.257 e. The normalized spacial score (nSPS) is 16.0. The lowest BCUT2D eigenvalue weighted by Gasteiger charge is -2.20. The molecular weight excluding hydrogens is 356 g/mol. The fourth-order valence-corrected chi connectivity index (χ4v) is 4.30. The van der Waals surface area contributed by atoms with Crippen molar-refractivity contribution in [2.75, 3.05) is 40.0 Å². The standard InChI is InChI=1S/C18H28N2O5S/c1-24-14-6-11-19-18(21)15-25-16-7-9-17(10-8-16)26(22,23)20-12-4-2-3-5-13-20/h7-10H,2-6,11-15H2,1H3,(H,19,21). The molecule has 0 spiro atoms. The first-order valence-electron chi connectivity index (χ1n) is 9.02. The minimum Gasteiger partial charge on any atom is -0.484 e. The summed E-state index contributed by atoms with van der Waals surface area (Å²) < 4.78 is 37.3. The van der Waals surface area contributed by atoms with E-state index in [1.807, 2.05) is 0 Å². The van der Waals surface area contributed by atoms with Gasteiger partial charge in [0.2, 0.25) is 10.0 Å². The van der Waals surface area contributed by atoms with Gasteiger partial charge in [0.05, 0.1) is 4.90 Å². The summed E-state index contributed by atoms with van der Waals surface area (Å²) in [7, 11) is -1.85. The van der Waals surface area contributed by atoms with Gasteiger partial charge in [-0.2, -0.15) is 4.31 Å². The number of hydrogen-bond donors (Lipinski definition) is 1. The minimum atomic E-state index is -3.46. The van der Waals surface area contributed by atoms with Crippen LogP contribution in [0, 0.1) is 0 Å². The lowest BCUT2D eigenvalue weighted by molar-refractivity contribution is -0.123. The van der Waals surface area contributed by atoms with Gasteiger partial charge < -0.3 is 14.8 Å². The van der Waals surface area contributed by atoms with Gasteiger partial charge in [-0.3, -0.25) is 4.79 Å². The Balaban J connectivity index is 1.86. The van der Waals surface area contributed by atoms with Crippen molar-refractivity contribution in [3.05, 3.63) is 24.3 Å². The Hall–Kier alpha value is -1.64. The van der Waals surface area contributed by atoms with E-state index in [2.05, 4.69) is 5.32 Å². The van der Waals surface area contributed by atoms with Gasteiger partial charge in [-0.1, -0.05) is 12.8 Å². The number of nitrogens with one attached hydrogen (secondary N) is 1. The first-order chi connectivity index (χ1) is 12.5. The van der Waals surface area contributed by atoms with Gasteiger partial charge >= 0.3 is 0 Å². The highest BCUT2D eigenvalue weighted by Gasteiger charge is 2.24. The van der Waals surface area contributed by atoms with E-state index in [1.54, 1.807) is 23.5 Å². The monoisotopic (exact) mass is 384 g/mol. The molecule has 2 rings (SSSR count). The number of ether oxygens (including phenoxy) is 2. The summed E-state index contributed by atoms with van der Waals surface area (Å²) in [5, 5.41) is 2.73. The van der Waals surface area contributed by atoms with Crippen LogP contribution in [0.3, 0.4) is 0 Å². The van der Waals surface area contributed by atoms with Crippen LogP contribution in [0.1, 0.15) is 32.1 Å². The van der Waals surface area contributed by atoms with Gasteiger partial charge in [0, 0.05) is 33.4 Å². The van der Waals surface area contributed by atoms with Crippen molar-refractivity contribution in [1.82, 2.24) is 9.62 Å². The molecule has 1 amide bonds. The zero-order valence-corrected chi connectivity index (χ0v) is 16.1. The SMILES string of the molecule is COCCCNC(=O)COc1ccc(S(=O)(=O)N2CCCCCC2)cc1. The van der Waals surface area contributed by atoms with Crippen molar-refractivity contribution >= 4 is 15.9 Å². The molecule has 26 heavy (non-hydrogen) atoms. The van der Waals surface area contributed by atoms with E-state index in [-0.39, 0.29) is 17.4 Å². The maximum atomic E-state index is 12.7. The second-order valence-electron chi connectivity index (χ2n) is 6.27. The summed E-state index contributed by atoms with van der Waals surface area (Å²) in [6.45, 7) is 2.16. The van der Waals surface area contributed by atoms with Crippen LogP contribution < -0.4 is 10.1 Å². The average Bonchev–Trinajstić information content (AvgIpc) is 2.94. The van der Waals surface area contributed by atoms with E-state index in [4.69, 9.17) is 9.47 Å². The number of carbonyl (C=O) groups excluding carboxylic acids is 1. The lowest BCUT2D eigenvalue weighted by Crippen LogP contribution is -2.32. The molecule has 0 aromatic heterocycles. The van der Waals surface area contributed by atoms with Gasteiger partial charge in [-0.15, -0.1) is 0 Å². The van der Waals surface area contributed by atoms with E-state index in [0.29, 0.717) is 32.0 Å². The molecule has 146 valence electrons. The summed E-state index contributed by atoms with van der Waals surface area (Å²) in [5.74, 6) is 0.245. The van der Waals surface area contributed by atoms with Gasteiger partial charge in [-0.05, 0) is 43.5 Å². The van der Waals surface area contributed by atoms with E-state index in [1.165, 1.54) is 12.1 Å². The van der Waals surface area contributed by atoms with Crippen molar-refractivity contribution in [2.45, 2.75) is 37.0 Å². The predicted octanol–water partition coefficient (Wildman–Crippen LogP) is 1.78. The van der Waals surface area contributed by atoms with Crippen LogP contribution in [0.5, 0.6) is 5.75 Å². The first-order valence-corrected chi connectivity index (χ1v) is 10.5. The summed E-state index contributed by atoms with van der Waals surface area (Å²) >= 11 is 0. The highest BCUT2D eigenvalue weighted by molar-refractivity contribution is 7.89. The van der Waals surface area contributed by atoms with Crippen molar-refractivity contribution in [1.29, 1.82) is 0 Å². The number of sulfonamides is 1. The number of carbonyl (C=O) groups is 1. The fraction of sp³-hybridized carbons (Fsp3) is 0.611. The molecule has 0 aliphatic carbocycles. The molecule has 1 aliphatic rings. The molecule has 0 unspecified atom stereocenters. The molecular formula is C18H28N2O5S. The van der Waals surface area contributed by atoms with Crippen molar-refractivity contribution in [3.8, 4) is 5.75 Å². The Labute approximate surface area is 155 Å². The van der Waals surface area contributed by atoms with Crippen LogP contribution in [-0.4, -0.2) is 58.6 Å². The van der Waals surface area contributed by atoms with E-state index in [0.717, 1.165) is 32.1 Å². The molecule has 1 N–H and O–H groups in total. The minimum absolute atomic E-state index is 0.106. The Kier molecular flexibility index (Phi) is 8.34. The van der Waals surface area contributed by atoms with Crippen LogP contribution >= 0.6 is 0 Å². The topological polar surface area (TPSA) is 84.9 Å². The number of nitrogens with zero attached hydrogens (tertiary/aromatic N) is 1. The zero-order chi connectivity index (χ0) is 18.8. The zero-order valence-electron chi connectivity index (χ0n) is 15.3. The third-order valence-electron chi connectivity index (χ3n) is 4.24. The predicted molar refractivity (Wildman–Crippen MR) is 98.7 cm³/mol. The highest BCUT2D eigenvalue weighted by Crippen LogP contribution is 2.22. The molecule has 8 heteroatoms. The largest absolute Gasteiger partial charge is 0.484 e. The molecule has 7 nitrogen and oxygen atoms in total. The van der Waals surface area contributed by atoms with Gasteiger partial charge in [-0.25, -0.2) is 8.42 Å². The molecule has 0 bridgehead atoms. The lowest BCUT2D eigenvalue weighted by atomic mass is 10.2. The van der Waals surface area contributed by atoms with Crippen LogP contribution in [0.15, 0.2) is 29.2 Å². The van der Waals surface area contributed by atoms with Crippen molar-refractivity contribution in [3.63, 3.8) is 0 Å².